The van der Waals surface area contributed by atoms with Crippen LogP contribution in [0.25, 0.3) is 17.2 Å². The van der Waals surface area contributed by atoms with Crippen molar-refractivity contribution in [3.8, 4) is 11.1 Å². The van der Waals surface area contributed by atoms with Crippen LogP contribution in [-0.4, -0.2) is 11.1 Å². The van der Waals surface area contributed by atoms with E-state index in [1.807, 2.05) is 54.6 Å². The topological polar surface area (TPSA) is 44.2 Å². The average Bonchev–Trinajstić information content (AvgIpc) is 3.01. The first-order chi connectivity index (χ1) is 14.3. The number of hydrogen-bond donors (Lipinski definition) is 1. The molecule has 150 valence electrons. The minimum absolute atomic E-state index is 0.0233. The van der Waals surface area contributed by atoms with Crippen molar-refractivity contribution < 1.29 is 18.0 Å². The zero-order valence-corrected chi connectivity index (χ0v) is 16.3. The van der Waals surface area contributed by atoms with E-state index in [0.717, 1.165) is 45.5 Å². The molecule has 1 amide bonds. The first-order valence-electron chi connectivity index (χ1n) is 8.98. The van der Waals surface area contributed by atoms with Gasteiger partial charge in [-0.05, 0) is 52.7 Å². The van der Waals surface area contributed by atoms with Crippen LogP contribution < -0.4 is 4.90 Å². The molecule has 0 atom stereocenters. The van der Waals surface area contributed by atoms with E-state index < -0.39 is 17.6 Å². The smallest absolute Gasteiger partial charge is 0.278 e. The van der Waals surface area contributed by atoms with E-state index in [0.29, 0.717) is 0 Å². The molecule has 0 unspecified atom stereocenters. The fraction of sp³-hybridized carbons (Fsp3) is 0.0435. The lowest BCUT2D eigenvalue weighted by Gasteiger charge is -2.16. The predicted molar refractivity (Wildman–Crippen MR) is 114 cm³/mol. The number of alkyl halides is 3. The summed E-state index contributed by atoms with van der Waals surface area (Å²) < 4.78 is 39.0. The second-order valence-electron chi connectivity index (χ2n) is 6.59. The summed E-state index contributed by atoms with van der Waals surface area (Å²) in [6.45, 7) is 0. The molecule has 1 aliphatic rings. The number of thioether (sulfide) groups is 1. The van der Waals surface area contributed by atoms with Gasteiger partial charge < -0.3 is 0 Å². The van der Waals surface area contributed by atoms with Gasteiger partial charge in [0.25, 0.3) is 5.91 Å². The summed E-state index contributed by atoms with van der Waals surface area (Å²) in [5.74, 6) is -0.517. The normalized spacial score (nSPS) is 15.8. The highest BCUT2D eigenvalue weighted by Gasteiger charge is 2.36. The Hall–Kier alpha value is -3.32. The van der Waals surface area contributed by atoms with Crippen molar-refractivity contribution in [2.45, 2.75) is 6.18 Å². The minimum atomic E-state index is -4.52. The number of amidine groups is 1. The molecule has 3 aromatic carbocycles. The fourth-order valence-corrected chi connectivity index (χ4v) is 3.96. The highest BCUT2D eigenvalue weighted by atomic mass is 32.2. The van der Waals surface area contributed by atoms with E-state index in [-0.39, 0.29) is 15.8 Å². The van der Waals surface area contributed by atoms with Crippen LogP contribution in [0.15, 0.2) is 83.8 Å². The Morgan fingerprint density at radius 2 is 1.53 bits per heavy atom. The fourth-order valence-electron chi connectivity index (χ4n) is 3.10. The van der Waals surface area contributed by atoms with Gasteiger partial charge in [-0.25, -0.2) is 0 Å². The Bertz CT molecular complexity index is 1140. The summed E-state index contributed by atoms with van der Waals surface area (Å²) in [7, 11) is 0. The van der Waals surface area contributed by atoms with E-state index in [9.17, 15) is 18.0 Å². The molecule has 3 aromatic rings. The molecule has 4 rings (SSSR count). The maximum absolute atomic E-state index is 13.0. The van der Waals surface area contributed by atoms with Gasteiger partial charge in [0.2, 0.25) is 0 Å². The number of carbonyl (C=O) groups is 1. The number of nitrogens with zero attached hydrogens (tertiary/aromatic N) is 1. The predicted octanol–water partition coefficient (Wildman–Crippen LogP) is 6.43. The number of amides is 1. The van der Waals surface area contributed by atoms with Crippen LogP contribution >= 0.6 is 11.8 Å². The number of hydrogen-bond acceptors (Lipinski definition) is 3. The third-order valence-corrected chi connectivity index (χ3v) is 5.46. The van der Waals surface area contributed by atoms with Crippen molar-refractivity contribution in [3.05, 3.63) is 94.9 Å². The SMILES string of the molecule is N=C1S/C(=C\c2ccc(-c3ccccc3)cc2)C(=O)N1c1cccc(C(F)(F)F)c1. The van der Waals surface area contributed by atoms with Crippen LogP contribution in [0.4, 0.5) is 18.9 Å². The monoisotopic (exact) mass is 424 g/mol. The maximum atomic E-state index is 13.0. The quantitative estimate of drug-likeness (QED) is 0.493. The second kappa shape index (κ2) is 7.84. The Morgan fingerprint density at radius 1 is 0.867 bits per heavy atom. The molecule has 1 heterocycles. The van der Waals surface area contributed by atoms with Crippen molar-refractivity contribution in [2.24, 2.45) is 0 Å². The summed E-state index contributed by atoms with van der Waals surface area (Å²) in [5.41, 5.74) is 2.03. The number of carbonyl (C=O) groups excluding carboxylic acids is 1. The lowest BCUT2D eigenvalue weighted by Crippen LogP contribution is -2.28. The second-order valence-corrected chi connectivity index (χ2v) is 7.62. The number of benzene rings is 3. The van der Waals surface area contributed by atoms with Gasteiger partial charge in [0.05, 0.1) is 16.2 Å². The van der Waals surface area contributed by atoms with E-state index in [4.69, 9.17) is 5.41 Å². The third kappa shape index (κ3) is 4.02. The van der Waals surface area contributed by atoms with Crippen molar-refractivity contribution in [1.82, 2.24) is 0 Å². The summed E-state index contributed by atoms with van der Waals surface area (Å²) in [6.07, 6.45) is -2.88. The lowest BCUT2D eigenvalue weighted by molar-refractivity contribution is -0.137. The Kier molecular flexibility index (Phi) is 5.22. The third-order valence-electron chi connectivity index (χ3n) is 4.57. The van der Waals surface area contributed by atoms with E-state index in [1.165, 1.54) is 12.1 Å². The van der Waals surface area contributed by atoms with Gasteiger partial charge in [0.15, 0.2) is 5.17 Å². The molecule has 1 fully saturated rings. The summed E-state index contributed by atoms with van der Waals surface area (Å²) in [5, 5.41) is 7.96. The van der Waals surface area contributed by atoms with Crippen molar-refractivity contribution in [2.75, 3.05) is 4.90 Å². The minimum Gasteiger partial charge on any atom is -0.278 e. The molecule has 0 bridgehead atoms. The van der Waals surface area contributed by atoms with Gasteiger partial charge >= 0.3 is 6.18 Å². The zero-order valence-electron chi connectivity index (χ0n) is 15.5. The maximum Gasteiger partial charge on any atom is 0.416 e. The van der Waals surface area contributed by atoms with Gasteiger partial charge in [0.1, 0.15) is 0 Å². The first kappa shape index (κ1) is 20.0. The molecule has 0 aliphatic carbocycles. The van der Waals surface area contributed by atoms with Crippen LogP contribution in [0.5, 0.6) is 0 Å². The molecule has 0 radical (unpaired) electrons. The number of nitrogens with one attached hydrogen (secondary N) is 1. The summed E-state index contributed by atoms with van der Waals surface area (Å²) in [6, 6.07) is 21.9. The van der Waals surface area contributed by atoms with Crippen LogP contribution in [0.3, 0.4) is 0 Å². The van der Waals surface area contributed by atoms with Crippen molar-refractivity contribution in [3.63, 3.8) is 0 Å². The molecular weight excluding hydrogens is 409 g/mol. The molecule has 0 spiro atoms. The van der Waals surface area contributed by atoms with E-state index in [2.05, 4.69) is 0 Å². The molecular formula is C23H15F3N2OS. The van der Waals surface area contributed by atoms with Crippen LogP contribution in [0, 0.1) is 5.41 Å². The lowest BCUT2D eigenvalue weighted by atomic mass is 10.0. The van der Waals surface area contributed by atoms with Crippen LogP contribution in [0.1, 0.15) is 11.1 Å². The van der Waals surface area contributed by atoms with Crippen LogP contribution in [-0.2, 0) is 11.0 Å². The number of halogens is 3. The van der Waals surface area contributed by atoms with Crippen LogP contribution in [0.2, 0.25) is 0 Å². The van der Waals surface area contributed by atoms with Gasteiger partial charge in [0, 0.05) is 0 Å². The molecule has 1 N–H and O–H groups in total. The Morgan fingerprint density at radius 3 is 2.20 bits per heavy atom. The molecule has 1 saturated heterocycles. The van der Waals surface area contributed by atoms with Gasteiger partial charge in [-0.15, -0.1) is 0 Å². The molecule has 3 nitrogen and oxygen atoms in total. The van der Waals surface area contributed by atoms with Gasteiger partial charge in [-0.3, -0.25) is 15.1 Å². The van der Waals surface area contributed by atoms with Gasteiger partial charge in [-0.2, -0.15) is 13.2 Å². The Labute approximate surface area is 175 Å². The highest BCUT2D eigenvalue weighted by Crippen LogP contribution is 2.38. The molecule has 0 aromatic heterocycles. The average molecular weight is 424 g/mol. The van der Waals surface area contributed by atoms with Crippen molar-refractivity contribution in [1.29, 1.82) is 5.41 Å². The standard InChI is InChI=1S/C23H15F3N2OS/c24-23(25,26)18-7-4-8-19(14-18)28-21(29)20(30-22(28)27)13-15-9-11-17(12-10-15)16-5-2-1-3-6-16/h1-14,27H/b20-13-,27-22?. The zero-order chi connectivity index (χ0) is 21.3. The highest BCUT2D eigenvalue weighted by molar-refractivity contribution is 8.19. The summed E-state index contributed by atoms with van der Waals surface area (Å²) in [4.78, 5) is 14.1. The summed E-state index contributed by atoms with van der Waals surface area (Å²) >= 11 is 0.925. The van der Waals surface area contributed by atoms with Crippen molar-refractivity contribution >= 4 is 34.6 Å². The number of rotatable bonds is 3. The van der Waals surface area contributed by atoms with E-state index in [1.54, 1.807) is 6.08 Å². The molecule has 7 heteroatoms. The molecule has 0 saturated carbocycles. The first-order valence-corrected chi connectivity index (χ1v) is 9.80. The Balaban J connectivity index is 1.59. The number of anilines is 1. The molecule has 30 heavy (non-hydrogen) atoms. The largest absolute Gasteiger partial charge is 0.416 e. The molecule has 1 aliphatic heterocycles. The van der Waals surface area contributed by atoms with E-state index >= 15 is 0 Å². The van der Waals surface area contributed by atoms with Gasteiger partial charge in [-0.1, -0.05) is 60.7 Å².